The lowest BCUT2D eigenvalue weighted by atomic mass is 10.2. The maximum absolute atomic E-state index is 11.8. The van der Waals surface area contributed by atoms with E-state index in [1.165, 1.54) is 24.3 Å². The number of hydrogen-bond acceptors (Lipinski definition) is 2. The van der Waals surface area contributed by atoms with Crippen LogP contribution in [0.4, 0.5) is 18.9 Å². The molecule has 0 amide bonds. The van der Waals surface area contributed by atoms with E-state index in [2.05, 4.69) is 5.32 Å². The van der Waals surface area contributed by atoms with Crippen molar-refractivity contribution in [3.8, 4) is 0 Å². The number of anilines is 1. The molecule has 0 saturated carbocycles. The number of nitrogens with one attached hydrogen (secondary N) is 1. The van der Waals surface area contributed by atoms with Gasteiger partial charge in [0.25, 0.3) is 0 Å². The lowest BCUT2D eigenvalue weighted by Crippen LogP contribution is -2.21. The van der Waals surface area contributed by atoms with Crippen LogP contribution in [0.5, 0.6) is 0 Å². The minimum atomic E-state index is -4.29. The number of rotatable bonds is 3. The molecule has 1 rings (SSSR count). The number of halogens is 3. The summed E-state index contributed by atoms with van der Waals surface area (Å²) in [6, 6.07) is 5.05. The van der Waals surface area contributed by atoms with E-state index in [0.29, 0.717) is 0 Å². The van der Waals surface area contributed by atoms with Crippen LogP contribution in [0.1, 0.15) is 10.4 Å². The summed E-state index contributed by atoms with van der Waals surface area (Å²) in [7, 11) is 0. The van der Waals surface area contributed by atoms with Crippen LogP contribution in [0, 0.1) is 0 Å². The summed E-state index contributed by atoms with van der Waals surface area (Å²) >= 11 is 0. The maximum Gasteiger partial charge on any atom is 0.405 e. The third-order valence-corrected chi connectivity index (χ3v) is 1.62. The Morgan fingerprint density at radius 1 is 1.27 bits per heavy atom. The number of aromatic carboxylic acids is 1. The average molecular weight is 219 g/mol. The second-order valence-corrected chi connectivity index (χ2v) is 2.85. The minimum Gasteiger partial charge on any atom is -0.478 e. The van der Waals surface area contributed by atoms with E-state index in [4.69, 9.17) is 5.11 Å². The van der Waals surface area contributed by atoms with E-state index < -0.39 is 18.7 Å². The highest BCUT2D eigenvalue weighted by Crippen LogP contribution is 2.16. The molecule has 0 aliphatic carbocycles. The number of alkyl halides is 3. The van der Waals surface area contributed by atoms with Crippen molar-refractivity contribution in [2.45, 2.75) is 6.18 Å². The number of carboxylic acids is 1. The fraction of sp³-hybridized carbons (Fsp3) is 0.222. The van der Waals surface area contributed by atoms with Gasteiger partial charge < -0.3 is 10.4 Å². The van der Waals surface area contributed by atoms with Gasteiger partial charge in [-0.1, -0.05) is 0 Å². The maximum atomic E-state index is 11.8. The molecule has 3 nitrogen and oxygen atoms in total. The van der Waals surface area contributed by atoms with Crippen molar-refractivity contribution in [3.05, 3.63) is 29.8 Å². The van der Waals surface area contributed by atoms with E-state index >= 15 is 0 Å². The molecule has 82 valence electrons. The van der Waals surface area contributed by atoms with Gasteiger partial charge in [-0.15, -0.1) is 0 Å². The Balaban J connectivity index is 2.61. The fourth-order valence-corrected chi connectivity index (χ4v) is 0.933. The summed E-state index contributed by atoms with van der Waals surface area (Å²) < 4.78 is 35.4. The largest absolute Gasteiger partial charge is 0.478 e. The highest BCUT2D eigenvalue weighted by Gasteiger charge is 2.26. The van der Waals surface area contributed by atoms with Gasteiger partial charge in [-0.05, 0) is 24.3 Å². The third-order valence-electron chi connectivity index (χ3n) is 1.62. The quantitative estimate of drug-likeness (QED) is 0.820. The van der Waals surface area contributed by atoms with Crippen molar-refractivity contribution in [2.75, 3.05) is 11.9 Å². The molecule has 15 heavy (non-hydrogen) atoms. The van der Waals surface area contributed by atoms with Gasteiger partial charge in [0, 0.05) is 5.69 Å². The van der Waals surface area contributed by atoms with Gasteiger partial charge in [-0.3, -0.25) is 0 Å². The Morgan fingerprint density at radius 3 is 2.20 bits per heavy atom. The van der Waals surface area contributed by atoms with E-state index in [0.717, 1.165) is 0 Å². The van der Waals surface area contributed by atoms with Crippen molar-refractivity contribution >= 4 is 11.7 Å². The highest BCUT2D eigenvalue weighted by atomic mass is 19.4. The molecule has 0 radical (unpaired) electrons. The average Bonchev–Trinajstić information content (AvgIpc) is 2.14. The summed E-state index contributed by atoms with van der Waals surface area (Å²) in [5.41, 5.74) is 0.268. The summed E-state index contributed by atoms with van der Waals surface area (Å²) in [6.07, 6.45) is -4.29. The van der Waals surface area contributed by atoms with Gasteiger partial charge >= 0.3 is 12.1 Å². The first-order chi connectivity index (χ1) is 6.88. The number of benzene rings is 1. The highest BCUT2D eigenvalue weighted by molar-refractivity contribution is 5.87. The molecular weight excluding hydrogens is 211 g/mol. The van der Waals surface area contributed by atoms with Crippen molar-refractivity contribution in [1.29, 1.82) is 0 Å². The van der Waals surface area contributed by atoms with Crippen LogP contribution < -0.4 is 5.32 Å². The van der Waals surface area contributed by atoms with Crippen molar-refractivity contribution in [3.63, 3.8) is 0 Å². The van der Waals surface area contributed by atoms with Crippen LogP contribution in [-0.2, 0) is 0 Å². The molecule has 0 aliphatic rings. The monoisotopic (exact) mass is 219 g/mol. The molecule has 0 atom stereocenters. The lowest BCUT2D eigenvalue weighted by Gasteiger charge is -2.09. The fourth-order valence-electron chi connectivity index (χ4n) is 0.933. The van der Waals surface area contributed by atoms with Gasteiger partial charge in [0.2, 0.25) is 0 Å². The van der Waals surface area contributed by atoms with Gasteiger partial charge in [0.05, 0.1) is 5.56 Å². The smallest absolute Gasteiger partial charge is 0.405 e. The van der Waals surface area contributed by atoms with E-state index in [1.54, 1.807) is 0 Å². The second kappa shape index (κ2) is 4.20. The van der Waals surface area contributed by atoms with Crippen LogP contribution >= 0.6 is 0 Å². The molecular formula is C9H8F3NO2. The Kier molecular flexibility index (Phi) is 3.18. The zero-order valence-electron chi connectivity index (χ0n) is 7.51. The summed E-state index contributed by atoms with van der Waals surface area (Å²) in [6.45, 7) is -1.14. The first-order valence-corrected chi connectivity index (χ1v) is 4.02. The standard InChI is InChI=1S/C9H8F3NO2/c10-9(11,12)5-13-7-3-1-6(2-4-7)8(14)15/h1-4,13H,5H2,(H,14,15). The Labute approximate surface area is 83.5 Å². The Bertz CT molecular complexity index is 345. The molecule has 0 aliphatic heterocycles. The van der Waals surface area contributed by atoms with Crippen molar-refractivity contribution in [2.24, 2.45) is 0 Å². The molecule has 0 saturated heterocycles. The lowest BCUT2D eigenvalue weighted by molar-refractivity contribution is -0.115. The van der Waals surface area contributed by atoms with Crippen LogP contribution in [0.3, 0.4) is 0 Å². The molecule has 0 spiro atoms. The molecule has 0 unspecified atom stereocenters. The predicted octanol–water partition coefficient (Wildman–Crippen LogP) is 2.36. The second-order valence-electron chi connectivity index (χ2n) is 2.85. The minimum absolute atomic E-state index is 0.0348. The number of hydrogen-bond donors (Lipinski definition) is 2. The molecule has 0 bridgehead atoms. The van der Waals surface area contributed by atoms with Gasteiger partial charge in [0.15, 0.2) is 0 Å². The summed E-state index contributed by atoms with van der Waals surface area (Å²) in [5.74, 6) is -1.11. The molecule has 2 N–H and O–H groups in total. The number of carbonyl (C=O) groups is 1. The van der Waals surface area contributed by atoms with Crippen LogP contribution in [0.15, 0.2) is 24.3 Å². The zero-order valence-corrected chi connectivity index (χ0v) is 7.51. The van der Waals surface area contributed by atoms with Crippen LogP contribution in [0.2, 0.25) is 0 Å². The SMILES string of the molecule is O=C(O)c1ccc(NCC(F)(F)F)cc1. The Hall–Kier alpha value is -1.72. The van der Waals surface area contributed by atoms with Crippen LogP contribution in [-0.4, -0.2) is 23.8 Å². The van der Waals surface area contributed by atoms with Crippen LogP contribution in [0.25, 0.3) is 0 Å². The molecule has 0 fully saturated rings. The van der Waals surface area contributed by atoms with E-state index in [1.807, 2.05) is 0 Å². The molecule has 0 heterocycles. The Morgan fingerprint density at radius 2 is 1.80 bits per heavy atom. The molecule has 0 aromatic heterocycles. The van der Waals surface area contributed by atoms with Crippen molar-refractivity contribution < 1.29 is 23.1 Å². The zero-order chi connectivity index (χ0) is 11.5. The third kappa shape index (κ3) is 3.88. The van der Waals surface area contributed by atoms with Gasteiger partial charge in [-0.25, -0.2) is 4.79 Å². The van der Waals surface area contributed by atoms with Gasteiger partial charge in [0.1, 0.15) is 6.54 Å². The summed E-state index contributed by atoms with van der Waals surface area (Å²) in [4.78, 5) is 10.4. The van der Waals surface area contributed by atoms with Gasteiger partial charge in [-0.2, -0.15) is 13.2 Å². The predicted molar refractivity (Wildman–Crippen MR) is 47.9 cm³/mol. The molecule has 6 heteroatoms. The first-order valence-electron chi connectivity index (χ1n) is 4.02. The van der Waals surface area contributed by atoms with Crippen molar-refractivity contribution in [1.82, 2.24) is 0 Å². The normalized spacial score (nSPS) is 11.1. The topological polar surface area (TPSA) is 49.3 Å². The van der Waals surface area contributed by atoms with E-state index in [-0.39, 0.29) is 11.3 Å². The van der Waals surface area contributed by atoms with E-state index in [9.17, 15) is 18.0 Å². The first kappa shape index (κ1) is 11.4. The summed E-state index contributed by atoms with van der Waals surface area (Å²) in [5, 5.41) is 10.7. The number of carboxylic acid groups (broad SMARTS) is 1. The molecule has 1 aromatic rings. The molecule has 1 aromatic carbocycles.